The summed E-state index contributed by atoms with van der Waals surface area (Å²) in [7, 11) is 1.43. The Labute approximate surface area is 171 Å². The quantitative estimate of drug-likeness (QED) is 0.332. The second-order valence-electron chi connectivity index (χ2n) is 8.44. The Balaban J connectivity index is 3.11. The molecule has 1 unspecified atom stereocenters. The number of unbranched alkanes of at least 4 members (excludes halogenated alkanes) is 6. The summed E-state index contributed by atoms with van der Waals surface area (Å²) in [6.07, 6.45) is 4.56. The summed E-state index contributed by atoms with van der Waals surface area (Å²) in [4.78, 5) is 0. The van der Waals surface area contributed by atoms with E-state index in [1.165, 1.54) is 7.11 Å². The van der Waals surface area contributed by atoms with Crippen LogP contribution in [-0.4, -0.2) is 63.3 Å². The molecule has 6 nitrogen and oxygen atoms in total. The zero-order valence-electron chi connectivity index (χ0n) is 18.4. The van der Waals surface area contributed by atoms with Crippen molar-refractivity contribution in [1.29, 1.82) is 0 Å². The third kappa shape index (κ3) is 5.89. The maximum atomic E-state index is 11.6. The van der Waals surface area contributed by atoms with E-state index in [0.29, 0.717) is 19.3 Å². The van der Waals surface area contributed by atoms with Crippen molar-refractivity contribution in [2.45, 2.75) is 134 Å². The lowest BCUT2D eigenvalue weighted by Crippen LogP contribution is -2.75. The first-order valence-electron chi connectivity index (χ1n) is 11.3. The summed E-state index contributed by atoms with van der Waals surface area (Å²) in [5, 5.41) is 44.8. The normalized spacial score (nSPS) is 34.5. The van der Waals surface area contributed by atoms with Crippen molar-refractivity contribution in [3.05, 3.63) is 0 Å². The molecule has 0 aromatic rings. The van der Waals surface area contributed by atoms with Gasteiger partial charge in [0.1, 0.15) is 23.4 Å². The number of rotatable bonds is 14. The Morgan fingerprint density at radius 3 is 1.86 bits per heavy atom. The molecular formula is C22H44O6. The zero-order chi connectivity index (χ0) is 21.2. The summed E-state index contributed by atoms with van der Waals surface area (Å²) >= 11 is 0. The van der Waals surface area contributed by atoms with Gasteiger partial charge in [0.15, 0.2) is 6.29 Å². The maximum absolute atomic E-state index is 11.6. The molecular weight excluding hydrogens is 360 g/mol. The van der Waals surface area contributed by atoms with Gasteiger partial charge in [-0.3, -0.25) is 0 Å². The number of hydrogen-bond donors (Lipinski definition) is 4. The van der Waals surface area contributed by atoms with E-state index in [1.807, 2.05) is 0 Å². The summed E-state index contributed by atoms with van der Waals surface area (Å²) < 4.78 is 11.3. The van der Waals surface area contributed by atoms with E-state index in [0.717, 1.165) is 44.9 Å². The molecule has 0 saturated carbocycles. The molecule has 0 spiro atoms. The number of aliphatic hydroxyl groups excluding tert-OH is 2. The van der Waals surface area contributed by atoms with Gasteiger partial charge in [-0.2, -0.15) is 0 Å². The molecule has 1 heterocycles. The van der Waals surface area contributed by atoms with Crippen LogP contribution in [0.15, 0.2) is 0 Å². The zero-order valence-corrected chi connectivity index (χ0v) is 18.4. The number of methoxy groups -OCH3 is 1. The molecule has 1 aliphatic rings. The smallest absolute Gasteiger partial charge is 0.189 e. The minimum Gasteiger partial charge on any atom is -0.390 e. The molecule has 0 amide bonds. The Morgan fingerprint density at radius 1 is 0.857 bits per heavy atom. The van der Waals surface area contributed by atoms with Gasteiger partial charge in [-0.05, 0) is 19.3 Å². The molecule has 28 heavy (non-hydrogen) atoms. The summed E-state index contributed by atoms with van der Waals surface area (Å²) in [6.45, 7) is 6.22. The number of hydrogen-bond acceptors (Lipinski definition) is 6. The summed E-state index contributed by atoms with van der Waals surface area (Å²) in [5.74, 6) is 0. The van der Waals surface area contributed by atoms with Crippen LogP contribution >= 0.6 is 0 Å². The molecule has 0 aromatic carbocycles. The van der Waals surface area contributed by atoms with E-state index in [9.17, 15) is 20.4 Å². The highest BCUT2D eigenvalue weighted by atomic mass is 16.7. The van der Waals surface area contributed by atoms with Gasteiger partial charge in [-0.25, -0.2) is 0 Å². The lowest BCUT2D eigenvalue weighted by Gasteiger charge is -2.56. The molecule has 6 atom stereocenters. The Morgan fingerprint density at radius 2 is 1.36 bits per heavy atom. The predicted molar refractivity (Wildman–Crippen MR) is 110 cm³/mol. The van der Waals surface area contributed by atoms with Gasteiger partial charge in [-0.1, -0.05) is 78.6 Å². The molecule has 1 saturated heterocycles. The third-order valence-electron chi connectivity index (χ3n) is 6.24. The Hall–Kier alpha value is -0.240. The summed E-state index contributed by atoms with van der Waals surface area (Å²) in [5.41, 5.74) is -3.51. The molecule has 4 N–H and O–H groups in total. The van der Waals surface area contributed by atoms with Crippen molar-refractivity contribution < 1.29 is 29.9 Å². The minimum atomic E-state index is -1.79. The van der Waals surface area contributed by atoms with Crippen LogP contribution in [0.3, 0.4) is 0 Å². The maximum Gasteiger partial charge on any atom is 0.189 e. The van der Waals surface area contributed by atoms with Crippen molar-refractivity contribution in [3.63, 3.8) is 0 Å². The van der Waals surface area contributed by atoms with Crippen LogP contribution in [0.2, 0.25) is 0 Å². The highest BCUT2D eigenvalue weighted by molar-refractivity contribution is 5.12. The lowest BCUT2D eigenvalue weighted by molar-refractivity contribution is -0.379. The summed E-state index contributed by atoms with van der Waals surface area (Å²) in [6, 6.07) is 0. The third-order valence-corrected chi connectivity index (χ3v) is 6.24. The number of ether oxygens (including phenoxy) is 2. The van der Waals surface area contributed by atoms with E-state index >= 15 is 0 Å². The molecule has 1 rings (SSSR count). The fraction of sp³-hybridized carbons (Fsp3) is 1.00. The van der Waals surface area contributed by atoms with E-state index in [1.54, 1.807) is 0 Å². The average molecular weight is 405 g/mol. The second kappa shape index (κ2) is 12.5. The van der Waals surface area contributed by atoms with Crippen molar-refractivity contribution in [1.82, 2.24) is 0 Å². The standard InChI is InChI=1S/C22H44O6/c1-5-8-11-14-17(23)18-19(24)21(25,15-12-9-6-2)22(26,16-13-10-7-3)20(27-4)28-18/h17-20,23-26H,5-16H2,1-4H3/t17?,18-,19-,20+,21+,22+/m1/s1. The van der Waals surface area contributed by atoms with Gasteiger partial charge in [0, 0.05) is 7.11 Å². The monoisotopic (exact) mass is 404 g/mol. The number of aliphatic hydroxyl groups is 4. The van der Waals surface area contributed by atoms with Crippen LogP contribution in [0.25, 0.3) is 0 Å². The van der Waals surface area contributed by atoms with Crippen LogP contribution in [0, 0.1) is 0 Å². The van der Waals surface area contributed by atoms with Gasteiger partial charge in [0.2, 0.25) is 0 Å². The van der Waals surface area contributed by atoms with E-state index in [2.05, 4.69) is 20.8 Å². The Kier molecular flexibility index (Phi) is 11.5. The molecule has 6 heteroatoms. The molecule has 0 aliphatic carbocycles. The fourth-order valence-electron chi connectivity index (χ4n) is 4.37. The van der Waals surface area contributed by atoms with E-state index in [4.69, 9.17) is 9.47 Å². The van der Waals surface area contributed by atoms with Crippen molar-refractivity contribution in [2.75, 3.05) is 7.11 Å². The first-order chi connectivity index (χ1) is 13.3. The van der Waals surface area contributed by atoms with Crippen LogP contribution in [0.5, 0.6) is 0 Å². The first-order valence-corrected chi connectivity index (χ1v) is 11.3. The van der Waals surface area contributed by atoms with Crippen molar-refractivity contribution in [3.8, 4) is 0 Å². The average Bonchev–Trinajstić information content (AvgIpc) is 2.67. The molecule has 0 radical (unpaired) electrons. The predicted octanol–water partition coefficient (Wildman–Crippen LogP) is 3.28. The Bertz CT molecular complexity index is 420. The molecule has 0 bridgehead atoms. The molecule has 0 aromatic heterocycles. The van der Waals surface area contributed by atoms with E-state index in [-0.39, 0.29) is 12.8 Å². The molecule has 1 fully saturated rings. The fourth-order valence-corrected chi connectivity index (χ4v) is 4.37. The van der Waals surface area contributed by atoms with Gasteiger partial charge < -0.3 is 29.9 Å². The van der Waals surface area contributed by atoms with Crippen LogP contribution in [-0.2, 0) is 9.47 Å². The first kappa shape index (κ1) is 25.8. The van der Waals surface area contributed by atoms with Crippen LogP contribution in [0.4, 0.5) is 0 Å². The SMILES string of the molecule is CCCCCC(O)[C@H]1O[C@H](OC)[C@@](O)(CCCCC)[C@](O)(CCCCC)[C@@H]1O. The topological polar surface area (TPSA) is 99.4 Å². The van der Waals surface area contributed by atoms with Gasteiger partial charge in [0.05, 0.1) is 6.10 Å². The van der Waals surface area contributed by atoms with Crippen LogP contribution < -0.4 is 0 Å². The highest BCUT2D eigenvalue weighted by Gasteiger charge is 2.64. The van der Waals surface area contributed by atoms with Gasteiger partial charge in [0.25, 0.3) is 0 Å². The van der Waals surface area contributed by atoms with Gasteiger partial charge in [-0.15, -0.1) is 0 Å². The van der Waals surface area contributed by atoms with Gasteiger partial charge >= 0.3 is 0 Å². The minimum absolute atomic E-state index is 0.242. The van der Waals surface area contributed by atoms with Crippen molar-refractivity contribution >= 4 is 0 Å². The lowest BCUT2D eigenvalue weighted by atomic mass is 9.68. The largest absolute Gasteiger partial charge is 0.390 e. The van der Waals surface area contributed by atoms with Crippen molar-refractivity contribution in [2.24, 2.45) is 0 Å². The van der Waals surface area contributed by atoms with Crippen LogP contribution in [0.1, 0.15) is 97.8 Å². The highest BCUT2D eigenvalue weighted by Crippen LogP contribution is 2.45. The molecule has 168 valence electrons. The second-order valence-corrected chi connectivity index (χ2v) is 8.44. The molecule has 1 aliphatic heterocycles. The van der Waals surface area contributed by atoms with E-state index < -0.39 is 35.8 Å².